The van der Waals surface area contributed by atoms with Crippen molar-refractivity contribution in [3.8, 4) is 5.75 Å². The zero-order valence-electron chi connectivity index (χ0n) is 8.80. The van der Waals surface area contributed by atoms with Crippen LogP contribution in [0, 0.1) is 0 Å². The van der Waals surface area contributed by atoms with Crippen molar-refractivity contribution in [1.82, 2.24) is 10.2 Å². The molecule has 0 aromatic heterocycles. The van der Waals surface area contributed by atoms with Crippen molar-refractivity contribution in [2.75, 3.05) is 13.6 Å². The highest BCUT2D eigenvalue weighted by Crippen LogP contribution is 2.21. The summed E-state index contributed by atoms with van der Waals surface area (Å²) in [4.78, 5) is 24.5. The molecule has 1 heterocycles. The third-order valence-corrected chi connectivity index (χ3v) is 2.51. The number of nitrogens with zero attached hydrogens (tertiary/aromatic N) is 1. The van der Waals surface area contributed by atoms with E-state index in [1.165, 1.54) is 17.0 Å². The first-order valence-corrected chi connectivity index (χ1v) is 4.91. The van der Waals surface area contributed by atoms with E-state index in [-0.39, 0.29) is 24.1 Å². The maximum Gasteiger partial charge on any atom is 0.250 e. The number of aromatic hydroxyl groups is 1. The van der Waals surface area contributed by atoms with Gasteiger partial charge in [0.1, 0.15) is 11.8 Å². The number of carbonyl (C=O) groups is 2. The van der Waals surface area contributed by atoms with Crippen LogP contribution in [-0.2, 0) is 9.59 Å². The molecule has 2 rings (SSSR count). The lowest BCUT2D eigenvalue weighted by molar-refractivity contribution is -0.143. The van der Waals surface area contributed by atoms with Crippen molar-refractivity contribution in [2.45, 2.75) is 6.04 Å². The van der Waals surface area contributed by atoms with Gasteiger partial charge >= 0.3 is 0 Å². The number of hydrogen-bond acceptors (Lipinski definition) is 3. The van der Waals surface area contributed by atoms with E-state index in [0.29, 0.717) is 5.56 Å². The Balaban J connectivity index is 2.32. The van der Waals surface area contributed by atoms with Crippen LogP contribution in [0.4, 0.5) is 0 Å². The van der Waals surface area contributed by atoms with Crippen LogP contribution in [0.25, 0.3) is 0 Å². The summed E-state index contributed by atoms with van der Waals surface area (Å²) < 4.78 is 0. The fourth-order valence-corrected chi connectivity index (χ4v) is 1.71. The molecule has 84 valence electrons. The smallest absolute Gasteiger partial charge is 0.250 e. The minimum absolute atomic E-state index is 0.0766. The van der Waals surface area contributed by atoms with E-state index in [1.807, 2.05) is 0 Å². The summed E-state index contributed by atoms with van der Waals surface area (Å²) in [5.74, 6) is -0.298. The van der Waals surface area contributed by atoms with Gasteiger partial charge in [-0.1, -0.05) is 12.1 Å². The molecule has 0 radical (unpaired) electrons. The van der Waals surface area contributed by atoms with E-state index in [1.54, 1.807) is 19.2 Å². The van der Waals surface area contributed by atoms with E-state index in [9.17, 15) is 14.7 Å². The molecule has 1 aliphatic rings. The first kappa shape index (κ1) is 10.5. The lowest BCUT2D eigenvalue weighted by Crippen LogP contribution is -2.51. The molecule has 1 aliphatic heterocycles. The van der Waals surface area contributed by atoms with Crippen molar-refractivity contribution in [3.05, 3.63) is 29.8 Å². The second-order valence-electron chi connectivity index (χ2n) is 3.79. The molecule has 1 aromatic rings. The maximum atomic E-state index is 11.8. The number of carbonyl (C=O) groups excluding carboxylic acids is 2. The van der Waals surface area contributed by atoms with Gasteiger partial charge in [0.25, 0.3) is 0 Å². The van der Waals surface area contributed by atoms with Gasteiger partial charge < -0.3 is 15.3 Å². The molecule has 16 heavy (non-hydrogen) atoms. The van der Waals surface area contributed by atoms with Crippen LogP contribution in [-0.4, -0.2) is 35.4 Å². The van der Waals surface area contributed by atoms with Gasteiger partial charge in [-0.05, 0) is 17.7 Å². The molecule has 1 saturated heterocycles. The summed E-state index contributed by atoms with van der Waals surface area (Å²) in [5.41, 5.74) is 0.588. The van der Waals surface area contributed by atoms with Crippen molar-refractivity contribution < 1.29 is 14.7 Å². The van der Waals surface area contributed by atoms with Crippen LogP contribution < -0.4 is 5.32 Å². The molecular formula is C11H12N2O3. The number of likely N-dealkylation sites (N-methyl/N-ethyl adjacent to an activating group) is 1. The standard InChI is InChI=1S/C11H12N2O3/c1-13-6-9(15)12-10(11(13)16)7-3-2-4-8(14)5-7/h2-5,10,14H,6H2,1H3,(H,12,15)/t10-/m1/s1. The van der Waals surface area contributed by atoms with E-state index >= 15 is 0 Å². The lowest BCUT2D eigenvalue weighted by atomic mass is 10.0. The Morgan fingerprint density at radius 3 is 2.88 bits per heavy atom. The van der Waals surface area contributed by atoms with Crippen molar-refractivity contribution in [2.24, 2.45) is 0 Å². The minimum Gasteiger partial charge on any atom is -0.508 e. The summed E-state index contributed by atoms with van der Waals surface area (Å²) in [5, 5.41) is 11.9. The third-order valence-electron chi connectivity index (χ3n) is 2.51. The highest BCUT2D eigenvalue weighted by atomic mass is 16.3. The predicted molar refractivity (Wildman–Crippen MR) is 56.6 cm³/mol. The fraction of sp³-hybridized carbons (Fsp3) is 0.273. The van der Waals surface area contributed by atoms with Gasteiger partial charge in [-0.3, -0.25) is 9.59 Å². The number of hydrogen-bond donors (Lipinski definition) is 2. The summed E-state index contributed by atoms with van der Waals surface area (Å²) in [7, 11) is 1.58. The lowest BCUT2D eigenvalue weighted by Gasteiger charge is -2.29. The molecule has 0 spiro atoms. The van der Waals surface area contributed by atoms with Gasteiger partial charge in [0, 0.05) is 7.05 Å². The second-order valence-corrected chi connectivity index (χ2v) is 3.79. The number of piperazine rings is 1. The van der Waals surface area contributed by atoms with E-state index in [2.05, 4.69) is 5.32 Å². The van der Waals surface area contributed by atoms with Crippen molar-refractivity contribution >= 4 is 11.8 Å². The molecule has 2 amide bonds. The molecule has 1 fully saturated rings. The Bertz CT molecular complexity index is 445. The molecule has 0 unspecified atom stereocenters. The Morgan fingerprint density at radius 1 is 1.44 bits per heavy atom. The number of phenolic OH excluding ortho intramolecular Hbond substituents is 1. The molecule has 5 nitrogen and oxygen atoms in total. The second kappa shape index (κ2) is 3.84. The summed E-state index contributed by atoms with van der Waals surface area (Å²) in [6, 6.07) is 5.63. The summed E-state index contributed by atoms with van der Waals surface area (Å²) >= 11 is 0. The minimum atomic E-state index is -0.696. The molecule has 1 aromatic carbocycles. The SMILES string of the molecule is CN1CC(=O)N[C@H](c2cccc(O)c2)C1=O. The number of nitrogens with one attached hydrogen (secondary N) is 1. The zero-order chi connectivity index (χ0) is 11.7. The van der Waals surface area contributed by atoms with Gasteiger partial charge in [-0.2, -0.15) is 0 Å². The highest BCUT2D eigenvalue weighted by molar-refractivity contribution is 5.95. The van der Waals surface area contributed by atoms with Crippen LogP contribution in [0.1, 0.15) is 11.6 Å². The Morgan fingerprint density at radius 2 is 2.19 bits per heavy atom. The molecule has 0 saturated carbocycles. The molecule has 2 N–H and O–H groups in total. The third kappa shape index (κ3) is 1.84. The average Bonchev–Trinajstić information content (AvgIpc) is 2.23. The van der Waals surface area contributed by atoms with Crippen LogP contribution in [0.2, 0.25) is 0 Å². The van der Waals surface area contributed by atoms with Gasteiger partial charge in [0.15, 0.2) is 0 Å². The van der Waals surface area contributed by atoms with Crippen LogP contribution in [0.3, 0.4) is 0 Å². The maximum absolute atomic E-state index is 11.8. The first-order chi connectivity index (χ1) is 7.58. The van der Waals surface area contributed by atoms with Crippen LogP contribution in [0.15, 0.2) is 24.3 Å². The fourth-order valence-electron chi connectivity index (χ4n) is 1.71. The topological polar surface area (TPSA) is 69.6 Å². The van der Waals surface area contributed by atoms with E-state index in [4.69, 9.17) is 0 Å². The normalized spacial score (nSPS) is 20.8. The van der Waals surface area contributed by atoms with Crippen molar-refractivity contribution in [1.29, 1.82) is 0 Å². The molecule has 0 bridgehead atoms. The van der Waals surface area contributed by atoms with E-state index in [0.717, 1.165) is 0 Å². The Labute approximate surface area is 92.7 Å². The number of amides is 2. The van der Waals surface area contributed by atoms with Crippen LogP contribution in [0.5, 0.6) is 5.75 Å². The molecule has 5 heteroatoms. The predicted octanol–water partition coefficient (Wildman–Crippen LogP) is 0.0215. The summed E-state index contributed by atoms with van der Waals surface area (Å²) in [6.45, 7) is 0.0775. The Hall–Kier alpha value is -2.04. The quantitative estimate of drug-likeness (QED) is 0.701. The van der Waals surface area contributed by atoms with Gasteiger partial charge in [-0.25, -0.2) is 0 Å². The van der Waals surface area contributed by atoms with Crippen LogP contribution >= 0.6 is 0 Å². The van der Waals surface area contributed by atoms with Gasteiger partial charge in [0.05, 0.1) is 6.54 Å². The monoisotopic (exact) mass is 220 g/mol. The largest absolute Gasteiger partial charge is 0.508 e. The summed E-state index contributed by atoms with van der Waals surface area (Å²) in [6.07, 6.45) is 0. The molecule has 1 atom stereocenters. The van der Waals surface area contributed by atoms with E-state index < -0.39 is 6.04 Å². The van der Waals surface area contributed by atoms with Crippen molar-refractivity contribution in [3.63, 3.8) is 0 Å². The van der Waals surface area contributed by atoms with Gasteiger partial charge in [-0.15, -0.1) is 0 Å². The molecule has 0 aliphatic carbocycles. The first-order valence-electron chi connectivity index (χ1n) is 4.91. The Kier molecular flexibility index (Phi) is 2.52. The average molecular weight is 220 g/mol. The number of rotatable bonds is 1. The number of phenols is 1. The highest BCUT2D eigenvalue weighted by Gasteiger charge is 2.31. The molecular weight excluding hydrogens is 208 g/mol. The number of benzene rings is 1. The van der Waals surface area contributed by atoms with Gasteiger partial charge in [0.2, 0.25) is 11.8 Å². The zero-order valence-corrected chi connectivity index (χ0v) is 8.80.